The molecule has 0 N–H and O–H groups in total. The van der Waals surface area contributed by atoms with Crippen LogP contribution in [0.1, 0.15) is 39.5 Å². The summed E-state index contributed by atoms with van der Waals surface area (Å²) in [5.41, 5.74) is 2.67. The third kappa shape index (κ3) is 5.33. The molecule has 0 aromatic heterocycles. The SMILES string of the molecule is C=C/C(CC)=C(\C=C)CCCC(C)S. The standard InChI is InChI=1S/C13H22S/c1-5-12(6-2)13(7-3)10-8-9-11(4)14/h5,7,11,14H,1,3,6,8-10H2,2,4H3/b13-12-. The van der Waals surface area contributed by atoms with Crippen molar-refractivity contribution in [3.8, 4) is 0 Å². The van der Waals surface area contributed by atoms with Gasteiger partial charge >= 0.3 is 0 Å². The molecule has 0 fully saturated rings. The van der Waals surface area contributed by atoms with Gasteiger partial charge in [0.25, 0.3) is 0 Å². The van der Waals surface area contributed by atoms with Crippen LogP contribution in [0.2, 0.25) is 0 Å². The molecule has 0 saturated carbocycles. The van der Waals surface area contributed by atoms with Crippen LogP contribution in [-0.4, -0.2) is 5.25 Å². The Morgan fingerprint density at radius 2 is 1.86 bits per heavy atom. The molecule has 0 radical (unpaired) electrons. The molecule has 0 rings (SSSR count). The fraction of sp³-hybridized carbons (Fsp3) is 0.538. The molecule has 1 unspecified atom stereocenters. The molecule has 0 aliphatic heterocycles. The van der Waals surface area contributed by atoms with Crippen molar-refractivity contribution >= 4 is 12.6 Å². The van der Waals surface area contributed by atoms with Crippen LogP contribution in [-0.2, 0) is 0 Å². The van der Waals surface area contributed by atoms with Gasteiger partial charge in [0.15, 0.2) is 0 Å². The van der Waals surface area contributed by atoms with Gasteiger partial charge < -0.3 is 0 Å². The maximum absolute atomic E-state index is 4.37. The van der Waals surface area contributed by atoms with Gasteiger partial charge in [-0.1, -0.05) is 39.2 Å². The molecule has 0 aromatic rings. The summed E-state index contributed by atoms with van der Waals surface area (Å²) >= 11 is 4.37. The summed E-state index contributed by atoms with van der Waals surface area (Å²) in [6.07, 6.45) is 8.40. The van der Waals surface area contributed by atoms with Gasteiger partial charge in [0.2, 0.25) is 0 Å². The Labute approximate surface area is 94.2 Å². The van der Waals surface area contributed by atoms with Crippen LogP contribution in [0.25, 0.3) is 0 Å². The maximum atomic E-state index is 4.37. The van der Waals surface area contributed by atoms with Crippen molar-refractivity contribution in [2.45, 2.75) is 44.8 Å². The number of thiol groups is 1. The molecule has 0 heterocycles. The summed E-state index contributed by atoms with van der Waals surface area (Å²) in [7, 11) is 0. The van der Waals surface area contributed by atoms with E-state index in [4.69, 9.17) is 0 Å². The minimum absolute atomic E-state index is 0.495. The Morgan fingerprint density at radius 1 is 1.29 bits per heavy atom. The van der Waals surface area contributed by atoms with Gasteiger partial charge in [-0.3, -0.25) is 0 Å². The number of rotatable bonds is 7. The van der Waals surface area contributed by atoms with Crippen molar-refractivity contribution in [2.75, 3.05) is 0 Å². The molecule has 1 atom stereocenters. The first-order valence-electron chi connectivity index (χ1n) is 5.30. The van der Waals surface area contributed by atoms with Crippen molar-refractivity contribution in [2.24, 2.45) is 0 Å². The average Bonchev–Trinajstić information content (AvgIpc) is 2.16. The molecule has 1 heteroatoms. The summed E-state index contributed by atoms with van der Waals surface area (Å²) < 4.78 is 0. The van der Waals surface area contributed by atoms with Gasteiger partial charge in [-0.25, -0.2) is 0 Å². The summed E-state index contributed by atoms with van der Waals surface area (Å²) in [4.78, 5) is 0. The van der Waals surface area contributed by atoms with Crippen molar-refractivity contribution < 1.29 is 0 Å². The van der Waals surface area contributed by atoms with Crippen LogP contribution >= 0.6 is 12.6 Å². The molecule has 0 amide bonds. The lowest BCUT2D eigenvalue weighted by Crippen LogP contribution is -1.92. The molecule has 0 aromatic carbocycles. The first kappa shape index (κ1) is 13.6. The lowest BCUT2D eigenvalue weighted by atomic mass is 10.00. The summed E-state index contributed by atoms with van der Waals surface area (Å²) in [5, 5.41) is 0.495. The van der Waals surface area contributed by atoms with Crippen molar-refractivity contribution in [1.82, 2.24) is 0 Å². The monoisotopic (exact) mass is 210 g/mol. The zero-order valence-electron chi connectivity index (χ0n) is 9.42. The second-order valence-corrected chi connectivity index (χ2v) is 4.44. The van der Waals surface area contributed by atoms with E-state index in [0.29, 0.717) is 5.25 Å². The predicted molar refractivity (Wildman–Crippen MR) is 70.0 cm³/mol. The van der Waals surface area contributed by atoms with E-state index in [9.17, 15) is 0 Å². The number of hydrogen-bond acceptors (Lipinski definition) is 1. The highest BCUT2D eigenvalue weighted by Crippen LogP contribution is 2.18. The second-order valence-electron chi connectivity index (χ2n) is 3.55. The number of allylic oxidation sites excluding steroid dienone is 4. The maximum Gasteiger partial charge on any atom is -0.00115 e. The van der Waals surface area contributed by atoms with E-state index < -0.39 is 0 Å². The van der Waals surface area contributed by atoms with Gasteiger partial charge in [0.1, 0.15) is 0 Å². The molecule has 0 bridgehead atoms. The summed E-state index contributed by atoms with van der Waals surface area (Å²) in [5.74, 6) is 0. The first-order chi connectivity index (χ1) is 6.65. The van der Waals surface area contributed by atoms with E-state index in [1.54, 1.807) is 0 Å². The highest BCUT2D eigenvalue weighted by atomic mass is 32.1. The van der Waals surface area contributed by atoms with Gasteiger partial charge in [-0.2, -0.15) is 12.6 Å². The zero-order chi connectivity index (χ0) is 11.0. The lowest BCUT2D eigenvalue weighted by Gasteiger charge is -2.08. The quantitative estimate of drug-likeness (QED) is 0.462. The van der Waals surface area contributed by atoms with Crippen LogP contribution < -0.4 is 0 Å². The molecule has 0 nitrogen and oxygen atoms in total. The Hall–Kier alpha value is -0.430. The highest BCUT2D eigenvalue weighted by Gasteiger charge is 2.00. The molecule has 80 valence electrons. The largest absolute Gasteiger partial charge is 0.176 e. The molecule has 0 spiro atoms. The van der Waals surface area contributed by atoms with Crippen LogP contribution in [0.15, 0.2) is 36.5 Å². The summed E-state index contributed by atoms with van der Waals surface area (Å²) in [6.45, 7) is 12.0. The molecule has 0 saturated heterocycles. The molecular formula is C13H22S. The van der Waals surface area contributed by atoms with E-state index >= 15 is 0 Å². The van der Waals surface area contributed by atoms with Crippen LogP contribution in [0.3, 0.4) is 0 Å². The van der Waals surface area contributed by atoms with Crippen LogP contribution in [0.5, 0.6) is 0 Å². The zero-order valence-corrected chi connectivity index (χ0v) is 10.3. The third-order valence-electron chi connectivity index (χ3n) is 2.35. The molecule has 14 heavy (non-hydrogen) atoms. The van der Waals surface area contributed by atoms with Crippen LogP contribution in [0.4, 0.5) is 0 Å². The van der Waals surface area contributed by atoms with Gasteiger partial charge in [0, 0.05) is 0 Å². The topological polar surface area (TPSA) is 0 Å². The Morgan fingerprint density at radius 3 is 2.21 bits per heavy atom. The third-order valence-corrected chi connectivity index (χ3v) is 2.61. The van der Waals surface area contributed by atoms with Crippen LogP contribution in [0, 0.1) is 0 Å². The predicted octanol–water partition coefficient (Wildman–Crippen LogP) is 4.55. The number of hydrogen-bond donors (Lipinski definition) is 1. The fourth-order valence-corrected chi connectivity index (χ4v) is 1.67. The normalized spacial score (nSPS) is 14.5. The first-order valence-corrected chi connectivity index (χ1v) is 5.82. The van der Waals surface area contributed by atoms with Gasteiger partial charge in [0.05, 0.1) is 0 Å². The summed E-state index contributed by atoms with van der Waals surface area (Å²) in [6, 6.07) is 0. The fourth-order valence-electron chi connectivity index (χ4n) is 1.48. The second kappa shape index (κ2) is 7.93. The van der Waals surface area contributed by atoms with Crippen molar-refractivity contribution in [1.29, 1.82) is 0 Å². The molecule has 0 aliphatic carbocycles. The Kier molecular flexibility index (Phi) is 7.68. The average molecular weight is 210 g/mol. The molecule has 0 aliphatic rings. The smallest absolute Gasteiger partial charge is 0.00115 e. The van der Waals surface area contributed by atoms with Gasteiger partial charge in [-0.15, -0.1) is 0 Å². The van der Waals surface area contributed by atoms with E-state index in [2.05, 4.69) is 39.6 Å². The minimum Gasteiger partial charge on any atom is -0.176 e. The highest BCUT2D eigenvalue weighted by molar-refractivity contribution is 7.80. The van der Waals surface area contributed by atoms with Gasteiger partial charge in [-0.05, 0) is 42.1 Å². The lowest BCUT2D eigenvalue weighted by molar-refractivity contribution is 0.730. The Bertz CT molecular complexity index is 211. The van der Waals surface area contributed by atoms with E-state index in [1.807, 2.05) is 12.2 Å². The minimum atomic E-state index is 0.495. The van der Waals surface area contributed by atoms with Crippen molar-refractivity contribution in [3.63, 3.8) is 0 Å². The van der Waals surface area contributed by atoms with Crippen molar-refractivity contribution in [3.05, 3.63) is 36.5 Å². The van der Waals surface area contributed by atoms with E-state index in [0.717, 1.165) is 19.3 Å². The van der Waals surface area contributed by atoms with E-state index in [1.165, 1.54) is 17.6 Å². The Balaban J connectivity index is 4.20. The van der Waals surface area contributed by atoms with E-state index in [-0.39, 0.29) is 0 Å². The molecular weight excluding hydrogens is 188 g/mol.